The Bertz CT molecular complexity index is 887. The molecule has 310 valence electrons. The van der Waals surface area contributed by atoms with Crippen LogP contribution in [0.5, 0.6) is 0 Å². The van der Waals surface area contributed by atoms with Crippen molar-refractivity contribution in [1.29, 1.82) is 0 Å². The molecule has 0 aromatic rings. The number of esters is 3. The second-order valence-corrected chi connectivity index (χ2v) is 15.1. The zero-order valence-electron chi connectivity index (χ0n) is 35.3. The summed E-state index contributed by atoms with van der Waals surface area (Å²) in [5.74, 6) is -0.955. The molecule has 1 atom stereocenters. The number of ether oxygens (including phenoxy) is 3. The fourth-order valence-electron chi connectivity index (χ4n) is 6.21. The number of nitrogens with zero attached hydrogens (tertiary/aromatic N) is 1. The van der Waals surface area contributed by atoms with Gasteiger partial charge in [0.2, 0.25) is 0 Å². The van der Waals surface area contributed by atoms with Crippen LogP contribution in [0, 0.1) is 0 Å². The monoisotopic (exact) mass is 748 g/mol. The molecule has 0 aliphatic carbocycles. The van der Waals surface area contributed by atoms with Gasteiger partial charge in [0.1, 0.15) is 13.2 Å². The number of carbonyl (C=O) groups excluding carboxylic acids is 3. The molecule has 7 heteroatoms. The van der Waals surface area contributed by atoms with E-state index >= 15 is 0 Å². The number of unbranched alkanes of at least 4 members (excludes halogenated alkanes) is 22. The third kappa shape index (κ3) is 39.4. The molecular weight excluding hydrogens is 663 g/mol. The molecule has 0 N–H and O–H groups in total. The van der Waals surface area contributed by atoms with Crippen molar-refractivity contribution < 1.29 is 28.6 Å². The number of hydrogen-bond donors (Lipinski definition) is 0. The molecule has 7 nitrogen and oxygen atoms in total. The van der Waals surface area contributed by atoms with Crippen molar-refractivity contribution >= 4 is 17.9 Å². The SMILES string of the molecule is CCCCCCCCC=CCCCCCCCC(=O)OCC(COC(=O)CCCN(C)CC)OC(=O)CCCCCCCC=CCCCCCCCC. The van der Waals surface area contributed by atoms with Gasteiger partial charge < -0.3 is 19.1 Å². The number of allylic oxidation sites excluding steroid dienone is 4. The standard InChI is InChI=1S/C46H85NO6/c1-5-8-10-12-14-16-18-20-22-24-26-28-30-32-34-37-44(48)51-41-43(42-52-45(49)39-36-40-47(4)7-3)53-46(50)38-35-33-31-29-27-25-23-21-19-17-15-13-11-9-6-2/h20-23,43H,5-19,24-42H2,1-4H3. The first-order valence-electron chi connectivity index (χ1n) is 22.4. The predicted molar refractivity (Wildman–Crippen MR) is 223 cm³/mol. The Morgan fingerprint density at radius 2 is 0.792 bits per heavy atom. The maximum atomic E-state index is 12.7. The molecule has 0 bridgehead atoms. The van der Waals surface area contributed by atoms with Crippen molar-refractivity contribution in [3.8, 4) is 0 Å². The average Bonchev–Trinajstić information content (AvgIpc) is 3.15. The molecule has 0 spiro atoms. The van der Waals surface area contributed by atoms with Crippen LogP contribution in [-0.2, 0) is 28.6 Å². The highest BCUT2D eigenvalue weighted by Gasteiger charge is 2.19. The maximum Gasteiger partial charge on any atom is 0.306 e. The zero-order valence-corrected chi connectivity index (χ0v) is 35.3. The molecule has 0 aromatic carbocycles. The topological polar surface area (TPSA) is 82.1 Å². The third-order valence-electron chi connectivity index (χ3n) is 9.90. The van der Waals surface area contributed by atoms with Crippen molar-refractivity contribution in [3.63, 3.8) is 0 Å². The van der Waals surface area contributed by atoms with E-state index < -0.39 is 6.10 Å². The summed E-state index contributed by atoms with van der Waals surface area (Å²) in [4.78, 5) is 39.6. The molecule has 0 saturated heterocycles. The second-order valence-electron chi connectivity index (χ2n) is 15.1. The molecule has 0 fully saturated rings. The van der Waals surface area contributed by atoms with Gasteiger partial charge in [0.25, 0.3) is 0 Å². The fourth-order valence-corrected chi connectivity index (χ4v) is 6.21. The Morgan fingerprint density at radius 3 is 1.19 bits per heavy atom. The van der Waals surface area contributed by atoms with Crippen LogP contribution in [0.25, 0.3) is 0 Å². The highest BCUT2D eigenvalue weighted by Crippen LogP contribution is 2.13. The van der Waals surface area contributed by atoms with Gasteiger partial charge in [-0.1, -0.05) is 148 Å². The van der Waals surface area contributed by atoms with Crippen LogP contribution in [0.15, 0.2) is 24.3 Å². The molecule has 1 unspecified atom stereocenters. The van der Waals surface area contributed by atoms with Crippen molar-refractivity contribution in [2.45, 2.75) is 219 Å². The van der Waals surface area contributed by atoms with E-state index in [9.17, 15) is 14.4 Å². The summed E-state index contributed by atoms with van der Waals surface area (Å²) in [7, 11) is 2.02. The molecule has 53 heavy (non-hydrogen) atoms. The Hall–Kier alpha value is -2.15. The molecule has 0 aromatic heterocycles. The minimum absolute atomic E-state index is 0.0894. The van der Waals surface area contributed by atoms with E-state index in [1.54, 1.807) is 0 Å². The van der Waals surface area contributed by atoms with Crippen LogP contribution in [-0.4, -0.2) is 62.3 Å². The predicted octanol–water partition coefficient (Wildman–Crippen LogP) is 12.8. The van der Waals surface area contributed by atoms with Gasteiger partial charge in [0.15, 0.2) is 6.10 Å². The second kappa shape index (κ2) is 41.0. The number of carbonyl (C=O) groups is 3. The number of hydrogen-bond acceptors (Lipinski definition) is 7. The first-order valence-corrected chi connectivity index (χ1v) is 22.4. The van der Waals surface area contributed by atoms with E-state index in [-0.39, 0.29) is 31.1 Å². The van der Waals surface area contributed by atoms with Crippen LogP contribution in [0.4, 0.5) is 0 Å². The van der Waals surface area contributed by atoms with E-state index in [1.165, 1.54) is 109 Å². The summed E-state index contributed by atoms with van der Waals surface area (Å²) in [5, 5.41) is 0. The summed E-state index contributed by atoms with van der Waals surface area (Å²) in [6, 6.07) is 0. The molecule has 0 aliphatic rings. The lowest BCUT2D eigenvalue weighted by Gasteiger charge is -2.18. The van der Waals surface area contributed by atoms with Crippen molar-refractivity contribution in [2.75, 3.05) is 33.4 Å². The fraction of sp³-hybridized carbons (Fsp3) is 0.848. The lowest BCUT2D eigenvalue weighted by atomic mass is 10.1. The molecule has 0 aliphatic heterocycles. The largest absolute Gasteiger partial charge is 0.462 e. The smallest absolute Gasteiger partial charge is 0.306 e. The van der Waals surface area contributed by atoms with Crippen LogP contribution in [0.2, 0.25) is 0 Å². The van der Waals surface area contributed by atoms with Gasteiger partial charge in [-0.25, -0.2) is 0 Å². The maximum absolute atomic E-state index is 12.7. The van der Waals surface area contributed by atoms with Crippen LogP contribution >= 0.6 is 0 Å². The quantitative estimate of drug-likeness (QED) is 0.0267. The molecule has 0 saturated carbocycles. The molecule has 0 heterocycles. The van der Waals surface area contributed by atoms with Crippen LogP contribution in [0.3, 0.4) is 0 Å². The lowest BCUT2D eigenvalue weighted by molar-refractivity contribution is -0.167. The number of rotatable bonds is 40. The lowest BCUT2D eigenvalue weighted by Crippen LogP contribution is -2.31. The molecular formula is C46H85NO6. The zero-order chi connectivity index (χ0) is 38.9. The van der Waals surface area contributed by atoms with Gasteiger partial charge in [-0.15, -0.1) is 0 Å². The average molecular weight is 748 g/mol. The Kier molecular flexibility index (Phi) is 39.4. The summed E-state index contributed by atoms with van der Waals surface area (Å²) in [6.45, 7) is 8.14. The van der Waals surface area contributed by atoms with Crippen LogP contribution in [0.1, 0.15) is 213 Å². The van der Waals surface area contributed by atoms with Gasteiger partial charge >= 0.3 is 17.9 Å². The van der Waals surface area contributed by atoms with Crippen molar-refractivity contribution in [1.82, 2.24) is 4.90 Å². The van der Waals surface area contributed by atoms with Gasteiger partial charge in [-0.3, -0.25) is 14.4 Å². The summed E-state index contributed by atoms with van der Waals surface area (Å²) < 4.78 is 16.6. The Labute approximate surface area is 327 Å². The van der Waals surface area contributed by atoms with E-state index in [4.69, 9.17) is 14.2 Å². The molecule has 0 radical (unpaired) electrons. The van der Waals surface area contributed by atoms with E-state index in [0.29, 0.717) is 25.7 Å². The van der Waals surface area contributed by atoms with Gasteiger partial charge in [0.05, 0.1) is 0 Å². The van der Waals surface area contributed by atoms with Gasteiger partial charge in [0, 0.05) is 19.3 Å². The van der Waals surface area contributed by atoms with E-state index in [0.717, 1.165) is 70.9 Å². The summed E-state index contributed by atoms with van der Waals surface area (Å²) in [6.07, 6.45) is 41.4. The van der Waals surface area contributed by atoms with Gasteiger partial charge in [-0.2, -0.15) is 0 Å². The van der Waals surface area contributed by atoms with E-state index in [1.807, 2.05) is 7.05 Å². The van der Waals surface area contributed by atoms with Crippen LogP contribution < -0.4 is 0 Å². The first-order chi connectivity index (χ1) is 25.9. The molecule has 0 rings (SSSR count). The highest BCUT2D eigenvalue weighted by molar-refractivity contribution is 5.71. The van der Waals surface area contributed by atoms with Crippen molar-refractivity contribution in [2.24, 2.45) is 0 Å². The Morgan fingerprint density at radius 1 is 0.453 bits per heavy atom. The normalized spacial score (nSPS) is 12.2. The summed E-state index contributed by atoms with van der Waals surface area (Å²) in [5.41, 5.74) is 0. The Balaban J connectivity index is 4.26. The minimum Gasteiger partial charge on any atom is -0.462 e. The van der Waals surface area contributed by atoms with Crippen molar-refractivity contribution in [3.05, 3.63) is 24.3 Å². The van der Waals surface area contributed by atoms with Gasteiger partial charge in [-0.05, 0) is 90.8 Å². The first kappa shape index (κ1) is 50.9. The van der Waals surface area contributed by atoms with E-state index in [2.05, 4.69) is 50.0 Å². The molecule has 0 amide bonds. The minimum atomic E-state index is -0.786. The summed E-state index contributed by atoms with van der Waals surface area (Å²) >= 11 is 0. The highest BCUT2D eigenvalue weighted by atomic mass is 16.6. The third-order valence-corrected chi connectivity index (χ3v) is 9.90.